The Bertz CT molecular complexity index is 948. The topological polar surface area (TPSA) is 174 Å². The number of carbonyl (C=O) groups is 3. The maximum absolute atomic E-state index is 13.4. The summed E-state index contributed by atoms with van der Waals surface area (Å²) in [5, 5.41) is 13.8. The van der Waals surface area contributed by atoms with Crippen LogP contribution in [0.25, 0.3) is 0 Å². The minimum Gasteiger partial charge on any atom is -0.457 e. The lowest BCUT2D eigenvalue weighted by molar-refractivity contribution is -0.210. The number of halogens is 2. The van der Waals surface area contributed by atoms with E-state index in [0.29, 0.717) is 0 Å². The molecular weight excluding hydrogens is 494 g/mol. The van der Waals surface area contributed by atoms with Gasteiger partial charge in [0.05, 0.1) is 33.9 Å². The molecule has 0 amide bonds. The van der Waals surface area contributed by atoms with Crippen molar-refractivity contribution in [2.45, 2.75) is 67.5 Å². The van der Waals surface area contributed by atoms with Gasteiger partial charge in [0.25, 0.3) is 6.29 Å². The maximum atomic E-state index is 13.4. The summed E-state index contributed by atoms with van der Waals surface area (Å²) in [7, 11) is -6.07. The molecule has 3 heterocycles. The standard InChI is InChI=1S/C18H24F2O11S2/c1-5(6(2)14(22)31-16(24)18(19,20)33(26,27)28)13(21)29-10-9-11-7(15(23)30-9)8(12(10)32-11)17(3,4)25/h5-12,16,24-25H,1-4H3,(H,26,27,28)/t5?,6?,7?,8-,9?,10?,11?,12?,16?/m1/s1. The van der Waals surface area contributed by atoms with Crippen LogP contribution < -0.4 is 0 Å². The van der Waals surface area contributed by atoms with E-state index in [1.807, 2.05) is 0 Å². The summed E-state index contributed by atoms with van der Waals surface area (Å²) in [4.78, 5) is 37.0. The first kappa shape index (κ1) is 26.1. The van der Waals surface area contributed by atoms with Crippen LogP contribution in [0.2, 0.25) is 0 Å². The fourth-order valence-corrected chi connectivity index (χ4v) is 6.88. The molecule has 2 bridgehead atoms. The van der Waals surface area contributed by atoms with Gasteiger partial charge in [0.2, 0.25) is 0 Å². The maximum Gasteiger partial charge on any atom is 0.430 e. The molecule has 3 saturated heterocycles. The minimum absolute atomic E-state index is 0.313. The van der Waals surface area contributed by atoms with E-state index in [9.17, 15) is 41.8 Å². The summed E-state index contributed by atoms with van der Waals surface area (Å²) >= 11 is 1.37. The molecule has 0 spiro atoms. The third kappa shape index (κ3) is 4.33. The number of ether oxygens (including phenoxy) is 3. The Hall–Kier alpha value is -1.55. The zero-order valence-electron chi connectivity index (χ0n) is 17.9. The zero-order valence-corrected chi connectivity index (χ0v) is 19.5. The van der Waals surface area contributed by atoms with Gasteiger partial charge in [-0.05, 0) is 13.8 Å². The molecule has 3 aliphatic heterocycles. The molecule has 0 aromatic heterocycles. The van der Waals surface area contributed by atoms with Crippen LogP contribution in [-0.4, -0.2) is 80.9 Å². The highest BCUT2D eigenvalue weighted by molar-refractivity contribution is 8.01. The summed E-state index contributed by atoms with van der Waals surface area (Å²) in [5.41, 5.74) is -1.27. The Morgan fingerprint density at radius 1 is 1.15 bits per heavy atom. The predicted octanol–water partition coefficient (Wildman–Crippen LogP) is -0.0611. The molecule has 0 aromatic rings. The highest BCUT2D eigenvalue weighted by Crippen LogP contribution is 2.61. The van der Waals surface area contributed by atoms with Crippen LogP contribution in [0.1, 0.15) is 27.7 Å². The number of carbonyl (C=O) groups excluding carboxylic acids is 3. The van der Waals surface area contributed by atoms with E-state index in [2.05, 4.69) is 4.74 Å². The third-order valence-corrected chi connectivity index (χ3v) is 8.97. The average molecular weight is 519 g/mol. The number of hydrogen-bond acceptors (Lipinski definition) is 11. The number of esters is 3. The molecular formula is C18H24F2O11S2. The first-order valence-corrected chi connectivity index (χ1v) is 12.3. The van der Waals surface area contributed by atoms with Crippen LogP contribution >= 0.6 is 11.8 Å². The second-order valence-electron chi connectivity index (χ2n) is 8.98. The molecule has 11 nitrogen and oxygen atoms in total. The van der Waals surface area contributed by atoms with Crippen molar-refractivity contribution in [1.82, 2.24) is 0 Å². The molecule has 0 aromatic carbocycles. The molecule has 3 aliphatic rings. The van der Waals surface area contributed by atoms with E-state index in [-0.39, 0.29) is 5.25 Å². The Morgan fingerprint density at radius 3 is 2.21 bits per heavy atom. The highest BCUT2D eigenvalue weighted by atomic mass is 32.2. The summed E-state index contributed by atoms with van der Waals surface area (Å²) < 4.78 is 71.4. The van der Waals surface area contributed by atoms with E-state index in [0.717, 1.165) is 6.92 Å². The fourth-order valence-electron chi connectivity index (χ4n) is 4.36. The quantitative estimate of drug-likeness (QED) is 0.169. The van der Waals surface area contributed by atoms with Crippen molar-refractivity contribution in [1.29, 1.82) is 0 Å². The first-order valence-electron chi connectivity index (χ1n) is 9.91. The van der Waals surface area contributed by atoms with E-state index >= 15 is 0 Å². The van der Waals surface area contributed by atoms with Crippen molar-refractivity contribution in [2.24, 2.45) is 23.7 Å². The van der Waals surface area contributed by atoms with Crippen molar-refractivity contribution in [2.75, 3.05) is 0 Å². The van der Waals surface area contributed by atoms with Crippen molar-refractivity contribution in [3.63, 3.8) is 0 Å². The number of rotatable bonds is 8. The molecule has 3 rings (SSSR count). The van der Waals surface area contributed by atoms with Crippen molar-refractivity contribution in [3.8, 4) is 0 Å². The van der Waals surface area contributed by atoms with Gasteiger partial charge in [0.1, 0.15) is 0 Å². The van der Waals surface area contributed by atoms with E-state index in [1.54, 1.807) is 0 Å². The molecule has 188 valence electrons. The van der Waals surface area contributed by atoms with Crippen LogP contribution in [0.4, 0.5) is 8.78 Å². The summed E-state index contributed by atoms with van der Waals surface area (Å²) in [6.07, 6.45) is -5.15. The van der Waals surface area contributed by atoms with Crippen molar-refractivity contribution >= 4 is 39.8 Å². The minimum atomic E-state index is -6.07. The summed E-state index contributed by atoms with van der Waals surface area (Å²) in [6.45, 7) is 5.39. The van der Waals surface area contributed by atoms with Crippen LogP contribution in [-0.2, 0) is 38.7 Å². The SMILES string of the molecule is CC(C(=O)OC1C2OC(=O)C3C2SC1[C@@H]3C(C)(C)O)C(C)C(=O)OC(O)C(F)(F)S(=O)(=O)O. The van der Waals surface area contributed by atoms with Crippen molar-refractivity contribution in [3.05, 3.63) is 0 Å². The number of hydrogen-bond donors (Lipinski definition) is 3. The third-order valence-electron chi connectivity index (χ3n) is 6.33. The van der Waals surface area contributed by atoms with E-state index in [1.165, 1.54) is 32.5 Å². The molecule has 8 unspecified atom stereocenters. The van der Waals surface area contributed by atoms with Crippen LogP contribution in [0.3, 0.4) is 0 Å². The molecule has 3 N–H and O–H groups in total. The van der Waals surface area contributed by atoms with Crippen LogP contribution in [0, 0.1) is 23.7 Å². The molecule has 9 atom stereocenters. The lowest BCUT2D eigenvalue weighted by Crippen LogP contribution is -2.52. The van der Waals surface area contributed by atoms with Gasteiger partial charge >= 0.3 is 33.3 Å². The van der Waals surface area contributed by atoms with Gasteiger partial charge < -0.3 is 24.4 Å². The number of fused-ring (bicyclic) bond motifs is 1. The highest BCUT2D eigenvalue weighted by Gasteiger charge is 2.71. The number of aliphatic hydroxyl groups is 2. The van der Waals surface area contributed by atoms with Crippen molar-refractivity contribution < 1.29 is 60.6 Å². The van der Waals surface area contributed by atoms with Crippen LogP contribution in [0.5, 0.6) is 0 Å². The van der Waals surface area contributed by atoms with Gasteiger partial charge in [0.15, 0.2) is 12.2 Å². The van der Waals surface area contributed by atoms with Gasteiger partial charge in [-0.3, -0.25) is 18.9 Å². The van der Waals surface area contributed by atoms with Crippen LogP contribution in [0.15, 0.2) is 0 Å². The first-order chi connectivity index (χ1) is 14.9. The molecule has 0 radical (unpaired) electrons. The smallest absolute Gasteiger partial charge is 0.430 e. The monoisotopic (exact) mass is 518 g/mol. The largest absolute Gasteiger partial charge is 0.457 e. The summed E-state index contributed by atoms with van der Waals surface area (Å²) in [6, 6.07) is 0. The second-order valence-corrected chi connectivity index (χ2v) is 11.8. The average Bonchev–Trinajstić information content (AvgIpc) is 3.28. The molecule has 15 heteroatoms. The number of thioether (sulfide) groups is 1. The Labute approximate surface area is 191 Å². The molecule has 3 fully saturated rings. The molecule has 33 heavy (non-hydrogen) atoms. The number of aliphatic hydroxyl groups excluding tert-OH is 1. The van der Waals surface area contributed by atoms with Gasteiger partial charge in [0, 0.05) is 5.92 Å². The predicted molar refractivity (Wildman–Crippen MR) is 105 cm³/mol. The van der Waals surface area contributed by atoms with Gasteiger partial charge in [-0.2, -0.15) is 17.2 Å². The Kier molecular flexibility index (Phi) is 6.55. The fraction of sp³-hybridized carbons (Fsp3) is 0.833. The lowest BCUT2D eigenvalue weighted by atomic mass is 9.71. The lowest BCUT2D eigenvalue weighted by Gasteiger charge is -2.37. The number of alkyl halides is 2. The summed E-state index contributed by atoms with van der Waals surface area (Å²) in [5.74, 6) is -6.84. The Morgan fingerprint density at radius 2 is 1.70 bits per heavy atom. The van der Waals surface area contributed by atoms with Gasteiger partial charge in [-0.1, -0.05) is 13.8 Å². The zero-order chi connectivity index (χ0) is 25.3. The van der Waals surface area contributed by atoms with Gasteiger partial charge in [-0.15, -0.1) is 11.8 Å². The van der Waals surface area contributed by atoms with E-state index in [4.69, 9.17) is 14.0 Å². The molecule has 0 saturated carbocycles. The normalized spacial score (nSPS) is 33.9. The molecule has 0 aliphatic carbocycles. The Balaban J connectivity index is 1.67. The van der Waals surface area contributed by atoms with E-state index < -0.39 is 86.3 Å². The second kappa shape index (κ2) is 8.29. The van der Waals surface area contributed by atoms with Gasteiger partial charge in [-0.25, -0.2) is 0 Å².